The van der Waals surface area contributed by atoms with Crippen molar-refractivity contribution in [2.45, 2.75) is 44.1 Å². The molecule has 0 saturated carbocycles. The van der Waals surface area contributed by atoms with Gasteiger partial charge in [-0.3, -0.25) is 4.79 Å². The molecule has 0 saturated heterocycles. The van der Waals surface area contributed by atoms with Crippen LogP contribution in [0.3, 0.4) is 0 Å². The molecule has 2 rings (SSSR count). The molecule has 0 aliphatic carbocycles. The van der Waals surface area contributed by atoms with Gasteiger partial charge in [0.15, 0.2) is 0 Å². The van der Waals surface area contributed by atoms with Crippen LogP contribution in [-0.4, -0.2) is 21.8 Å². The van der Waals surface area contributed by atoms with Gasteiger partial charge >= 0.3 is 0 Å². The number of thioether (sulfide) groups is 1. The number of aromatic nitrogens is 2. The van der Waals surface area contributed by atoms with E-state index in [1.165, 1.54) is 0 Å². The zero-order valence-corrected chi connectivity index (χ0v) is 11.2. The number of fused-ring (bicyclic) bond motifs is 1. The molecular weight excluding hydrogens is 234 g/mol. The third-order valence-electron chi connectivity index (χ3n) is 3.04. The molecule has 1 aliphatic heterocycles. The SMILES string of the molecule is CCC(C)SCc1nc2c(c(=O)[nH]1)CCCN2. The summed E-state index contributed by atoms with van der Waals surface area (Å²) in [5.41, 5.74) is 0.843. The van der Waals surface area contributed by atoms with Gasteiger partial charge in [0.1, 0.15) is 11.6 Å². The largest absolute Gasteiger partial charge is 0.370 e. The van der Waals surface area contributed by atoms with Crippen LogP contribution in [0.5, 0.6) is 0 Å². The third kappa shape index (κ3) is 3.03. The summed E-state index contributed by atoms with van der Waals surface area (Å²) < 4.78 is 0. The van der Waals surface area contributed by atoms with Crippen molar-refractivity contribution in [1.82, 2.24) is 9.97 Å². The molecule has 2 N–H and O–H groups in total. The molecule has 0 spiro atoms. The maximum absolute atomic E-state index is 11.9. The summed E-state index contributed by atoms with van der Waals surface area (Å²) in [7, 11) is 0. The van der Waals surface area contributed by atoms with E-state index >= 15 is 0 Å². The highest BCUT2D eigenvalue weighted by Gasteiger charge is 2.15. The van der Waals surface area contributed by atoms with Crippen molar-refractivity contribution < 1.29 is 0 Å². The Morgan fingerprint density at radius 3 is 3.12 bits per heavy atom. The summed E-state index contributed by atoms with van der Waals surface area (Å²) in [6.07, 6.45) is 2.99. The van der Waals surface area contributed by atoms with Crippen molar-refractivity contribution in [1.29, 1.82) is 0 Å². The quantitative estimate of drug-likeness (QED) is 0.863. The number of nitrogens with zero attached hydrogens (tertiary/aromatic N) is 1. The summed E-state index contributed by atoms with van der Waals surface area (Å²) in [5.74, 6) is 2.35. The van der Waals surface area contributed by atoms with Gasteiger partial charge in [-0.2, -0.15) is 11.8 Å². The molecule has 94 valence electrons. The highest BCUT2D eigenvalue weighted by molar-refractivity contribution is 7.99. The van der Waals surface area contributed by atoms with E-state index in [2.05, 4.69) is 29.1 Å². The molecule has 0 aromatic carbocycles. The molecule has 4 nitrogen and oxygen atoms in total. The Labute approximate surface area is 106 Å². The van der Waals surface area contributed by atoms with Crippen LogP contribution in [0.15, 0.2) is 4.79 Å². The van der Waals surface area contributed by atoms with Crippen molar-refractivity contribution >= 4 is 17.6 Å². The molecule has 2 heterocycles. The van der Waals surface area contributed by atoms with Gasteiger partial charge in [-0.05, 0) is 19.3 Å². The molecule has 1 aromatic heterocycles. The lowest BCUT2D eigenvalue weighted by Gasteiger charge is -2.16. The molecule has 1 aliphatic rings. The van der Waals surface area contributed by atoms with E-state index in [-0.39, 0.29) is 5.56 Å². The maximum Gasteiger partial charge on any atom is 0.256 e. The molecule has 17 heavy (non-hydrogen) atoms. The van der Waals surface area contributed by atoms with Gasteiger partial charge in [0, 0.05) is 11.8 Å². The van der Waals surface area contributed by atoms with E-state index in [1.807, 2.05) is 11.8 Å². The number of anilines is 1. The number of hydrogen-bond donors (Lipinski definition) is 2. The van der Waals surface area contributed by atoms with Gasteiger partial charge in [0.05, 0.1) is 11.3 Å². The molecule has 0 bridgehead atoms. The normalized spacial score (nSPS) is 16.1. The van der Waals surface area contributed by atoms with Crippen LogP contribution in [0, 0.1) is 0 Å². The van der Waals surface area contributed by atoms with Crippen LogP contribution in [0.1, 0.15) is 38.1 Å². The molecule has 0 radical (unpaired) electrons. The van der Waals surface area contributed by atoms with Crippen LogP contribution in [0.25, 0.3) is 0 Å². The summed E-state index contributed by atoms with van der Waals surface area (Å²) in [6.45, 7) is 5.28. The highest BCUT2D eigenvalue weighted by Crippen LogP contribution is 2.20. The van der Waals surface area contributed by atoms with Crippen molar-refractivity contribution in [3.8, 4) is 0 Å². The van der Waals surface area contributed by atoms with E-state index in [9.17, 15) is 4.79 Å². The first-order valence-electron chi connectivity index (χ1n) is 6.18. The van der Waals surface area contributed by atoms with E-state index in [1.54, 1.807) is 0 Å². The Bertz CT molecular complexity index is 444. The third-order valence-corrected chi connectivity index (χ3v) is 4.38. The molecular formula is C12H19N3OS. The van der Waals surface area contributed by atoms with Crippen LogP contribution in [0.2, 0.25) is 0 Å². The van der Waals surface area contributed by atoms with Crippen LogP contribution >= 0.6 is 11.8 Å². The average molecular weight is 253 g/mol. The van der Waals surface area contributed by atoms with Crippen molar-refractivity contribution in [2.75, 3.05) is 11.9 Å². The van der Waals surface area contributed by atoms with Gasteiger partial charge in [0.25, 0.3) is 5.56 Å². The fourth-order valence-electron chi connectivity index (χ4n) is 1.80. The van der Waals surface area contributed by atoms with Gasteiger partial charge < -0.3 is 10.3 Å². The Hall–Kier alpha value is -0.970. The first-order chi connectivity index (χ1) is 8.20. The Morgan fingerprint density at radius 2 is 2.35 bits per heavy atom. The second-order valence-electron chi connectivity index (χ2n) is 4.40. The van der Waals surface area contributed by atoms with Crippen LogP contribution in [0.4, 0.5) is 5.82 Å². The fourth-order valence-corrected chi connectivity index (χ4v) is 2.62. The second-order valence-corrected chi connectivity index (χ2v) is 5.83. The second kappa shape index (κ2) is 5.58. The van der Waals surface area contributed by atoms with E-state index in [4.69, 9.17) is 0 Å². The molecule has 0 amide bonds. The zero-order chi connectivity index (χ0) is 12.3. The predicted molar refractivity (Wildman–Crippen MR) is 72.7 cm³/mol. The summed E-state index contributed by atoms with van der Waals surface area (Å²) in [5, 5.41) is 3.81. The minimum absolute atomic E-state index is 0.0296. The standard InChI is InChI=1S/C12H19N3OS/c1-3-8(2)17-7-10-14-11-9(12(16)15-10)5-4-6-13-11/h8H,3-7H2,1-2H3,(H2,13,14,15,16). The molecule has 1 atom stereocenters. The lowest BCUT2D eigenvalue weighted by molar-refractivity contribution is 0.788. The Kier molecular flexibility index (Phi) is 4.10. The Morgan fingerprint density at radius 1 is 1.53 bits per heavy atom. The smallest absolute Gasteiger partial charge is 0.256 e. The minimum Gasteiger partial charge on any atom is -0.370 e. The van der Waals surface area contributed by atoms with Crippen molar-refractivity contribution in [3.63, 3.8) is 0 Å². The van der Waals surface area contributed by atoms with Crippen molar-refractivity contribution in [3.05, 3.63) is 21.7 Å². The number of hydrogen-bond acceptors (Lipinski definition) is 4. The van der Waals surface area contributed by atoms with E-state index in [0.29, 0.717) is 5.25 Å². The average Bonchev–Trinajstić information content (AvgIpc) is 2.36. The van der Waals surface area contributed by atoms with Crippen molar-refractivity contribution in [2.24, 2.45) is 0 Å². The lowest BCUT2D eigenvalue weighted by Crippen LogP contribution is -2.25. The van der Waals surface area contributed by atoms with E-state index < -0.39 is 0 Å². The summed E-state index contributed by atoms with van der Waals surface area (Å²) >= 11 is 1.83. The summed E-state index contributed by atoms with van der Waals surface area (Å²) in [6, 6.07) is 0. The molecule has 5 heteroatoms. The molecule has 0 fully saturated rings. The maximum atomic E-state index is 11.9. The van der Waals surface area contributed by atoms with Gasteiger partial charge in [0.2, 0.25) is 0 Å². The van der Waals surface area contributed by atoms with Crippen LogP contribution in [-0.2, 0) is 12.2 Å². The first-order valence-corrected chi connectivity index (χ1v) is 7.23. The fraction of sp³-hybridized carbons (Fsp3) is 0.667. The minimum atomic E-state index is 0.0296. The topological polar surface area (TPSA) is 57.8 Å². The monoisotopic (exact) mass is 253 g/mol. The highest BCUT2D eigenvalue weighted by atomic mass is 32.2. The number of aromatic amines is 1. The summed E-state index contributed by atoms with van der Waals surface area (Å²) in [4.78, 5) is 19.2. The van der Waals surface area contributed by atoms with Crippen LogP contribution < -0.4 is 10.9 Å². The van der Waals surface area contributed by atoms with Gasteiger partial charge in [-0.15, -0.1) is 0 Å². The van der Waals surface area contributed by atoms with E-state index in [0.717, 1.165) is 48.8 Å². The lowest BCUT2D eigenvalue weighted by atomic mass is 10.1. The zero-order valence-electron chi connectivity index (χ0n) is 10.4. The Balaban J connectivity index is 2.14. The predicted octanol–water partition coefficient (Wildman–Crippen LogP) is 2.16. The molecule has 1 aromatic rings. The van der Waals surface area contributed by atoms with Gasteiger partial charge in [-0.25, -0.2) is 4.98 Å². The van der Waals surface area contributed by atoms with Gasteiger partial charge in [-0.1, -0.05) is 13.8 Å². The molecule has 1 unspecified atom stereocenters. The number of H-pyrrole nitrogens is 1. The number of nitrogens with one attached hydrogen (secondary N) is 2. The number of rotatable bonds is 4. The first kappa shape index (κ1) is 12.5.